The van der Waals surface area contributed by atoms with Gasteiger partial charge in [-0.1, -0.05) is 41.7 Å². The van der Waals surface area contributed by atoms with E-state index in [1.807, 2.05) is 0 Å². The Bertz CT molecular complexity index is 1270. The number of nitrogens with one attached hydrogen (secondary N) is 1. The number of sulfonamides is 1. The smallest absolute Gasteiger partial charge is 0.293 e. The van der Waals surface area contributed by atoms with E-state index in [1.54, 1.807) is 49.4 Å². The molecule has 4 rings (SSSR count). The van der Waals surface area contributed by atoms with E-state index in [2.05, 4.69) is 15.5 Å². The fourth-order valence-corrected chi connectivity index (χ4v) is 5.72. The molecule has 0 unspecified atom stereocenters. The van der Waals surface area contributed by atoms with Gasteiger partial charge in [0.25, 0.3) is 26.2 Å². The molecule has 0 aliphatic carbocycles. The summed E-state index contributed by atoms with van der Waals surface area (Å²) in [5.74, 6) is -1.83. The van der Waals surface area contributed by atoms with Gasteiger partial charge in [0.1, 0.15) is 6.54 Å². The Balaban J connectivity index is 1.47. The third-order valence-electron chi connectivity index (χ3n) is 4.67. The zero-order chi connectivity index (χ0) is 22.9. The molecule has 0 radical (unpaired) electrons. The lowest BCUT2D eigenvalue weighted by molar-refractivity contribution is -0.116. The van der Waals surface area contributed by atoms with Crippen molar-refractivity contribution in [3.8, 4) is 0 Å². The molecule has 0 saturated carbocycles. The molecular weight excluding hydrogens is 454 g/mol. The van der Waals surface area contributed by atoms with Crippen LogP contribution in [0.25, 0.3) is 0 Å². The van der Waals surface area contributed by atoms with Gasteiger partial charge in [0.15, 0.2) is 0 Å². The first-order valence-corrected chi connectivity index (χ1v) is 11.7. The molecule has 164 valence electrons. The number of carbonyl (C=O) groups excluding carboxylic acids is 3. The van der Waals surface area contributed by atoms with E-state index in [-0.39, 0.29) is 27.1 Å². The van der Waals surface area contributed by atoms with Crippen LogP contribution < -0.4 is 9.62 Å². The summed E-state index contributed by atoms with van der Waals surface area (Å²) in [6, 6.07) is 14.8. The van der Waals surface area contributed by atoms with Crippen LogP contribution in [0.3, 0.4) is 0 Å². The minimum atomic E-state index is -3.99. The molecule has 32 heavy (non-hydrogen) atoms. The van der Waals surface area contributed by atoms with Crippen LogP contribution in [-0.2, 0) is 14.8 Å². The van der Waals surface area contributed by atoms with Crippen LogP contribution in [0.1, 0.15) is 27.6 Å². The number of carbonyl (C=O) groups is 3. The lowest BCUT2D eigenvalue weighted by Gasteiger charge is -2.20. The second kappa shape index (κ2) is 8.48. The largest absolute Gasteiger partial charge is 0.299 e. The summed E-state index contributed by atoms with van der Waals surface area (Å²) in [4.78, 5) is 38.0. The predicted molar refractivity (Wildman–Crippen MR) is 117 cm³/mol. The minimum Gasteiger partial charge on any atom is -0.299 e. The van der Waals surface area contributed by atoms with Crippen molar-refractivity contribution < 1.29 is 22.8 Å². The second-order valence-corrected chi connectivity index (χ2v) is 9.68. The van der Waals surface area contributed by atoms with E-state index in [0.717, 1.165) is 4.90 Å². The highest BCUT2D eigenvalue weighted by Gasteiger charge is 2.36. The molecule has 3 aromatic rings. The van der Waals surface area contributed by atoms with Gasteiger partial charge in [0.2, 0.25) is 11.0 Å². The monoisotopic (exact) mass is 471 g/mol. The summed E-state index contributed by atoms with van der Waals surface area (Å²) < 4.78 is 26.8. The van der Waals surface area contributed by atoms with Gasteiger partial charge in [-0.05, 0) is 31.2 Å². The number of imide groups is 1. The highest BCUT2D eigenvalue weighted by molar-refractivity contribution is 7.94. The van der Waals surface area contributed by atoms with Crippen molar-refractivity contribution in [2.45, 2.75) is 11.3 Å². The molecule has 1 aliphatic rings. The van der Waals surface area contributed by atoms with E-state index in [1.165, 1.54) is 16.4 Å². The van der Waals surface area contributed by atoms with Crippen molar-refractivity contribution in [2.24, 2.45) is 0 Å². The SMILES string of the molecule is CCN(c1ccccc1)S(=O)(=O)c1nnc(NC(=O)CN2C(=O)c3ccccc3C2=O)s1. The van der Waals surface area contributed by atoms with Gasteiger partial charge in [-0.2, -0.15) is 8.42 Å². The van der Waals surface area contributed by atoms with Crippen molar-refractivity contribution in [1.29, 1.82) is 0 Å². The average Bonchev–Trinajstić information content (AvgIpc) is 3.35. The first-order chi connectivity index (χ1) is 15.3. The molecule has 0 spiro atoms. The van der Waals surface area contributed by atoms with E-state index >= 15 is 0 Å². The molecular formula is C20H17N5O5S2. The molecule has 1 aromatic heterocycles. The van der Waals surface area contributed by atoms with Gasteiger partial charge in [0, 0.05) is 6.54 Å². The Labute approximate surface area is 187 Å². The normalized spacial score (nSPS) is 13.2. The van der Waals surface area contributed by atoms with E-state index in [9.17, 15) is 22.8 Å². The summed E-state index contributed by atoms with van der Waals surface area (Å²) in [7, 11) is -3.99. The Morgan fingerprint density at radius 1 is 1.00 bits per heavy atom. The number of para-hydroxylation sites is 1. The summed E-state index contributed by atoms with van der Waals surface area (Å²) in [5, 5.41) is 9.78. The van der Waals surface area contributed by atoms with Crippen LogP contribution in [0.5, 0.6) is 0 Å². The Morgan fingerprint density at radius 2 is 1.59 bits per heavy atom. The lowest BCUT2D eigenvalue weighted by Crippen LogP contribution is -2.37. The number of anilines is 2. The number of fused-ring (bicyclic) bond motifs is 1. The van der Waals surface area contributed by atoms with Crippen LogP contribution in [-0.4, -0.2) is 54.3 Å². The first kappa shape index (κ1) is 21.6. The molecule has 0 atom stereocenters. The Kier molecular flexibility index (Phi) is 5.72. The molecule has 2 aromatic carbocycles. The van der Waals surface area contributed by atoms with Crippen molar-refractivity contribution in [3.63, 3.8) is 0 Å². The summed E-state index contributed by atoms with van der Waals surface area (Å²) in [6.07, 6.45) is 0. The number of hydrogen-bond acceptors (Lipinski definition) is 8. The van der Waals surface area contributed by atoms with Gasteiger partial charge in [0.05, 0.1) is 16.8 Å². The third-order valence-corrected chi connectivity index (χ3v) is 7.76. The number of rotatable bonds is 7. The van der Waals surface area contributed by atoms with Crippen molar-refractivity contribution in [3.05, 3.63) is 65.7 Å². The Hall–Kier alpha value is -3.64. The van der Waals surface area contributed by atoms with Crippen molar-refractivity contribution >= 4 is 49.9 Å². The third kappa shape index (κ3) is 3.85. The lowest BCUT2D eigenvalue weighted by atomic mass is 10.1. The van der Waals surface area contributed by atoms with Gasteiger partial charge in [-0.25, -0.2) is 0 Å². The number of benzene rings is 2. The molecule has 3 amide bonds. The van der Waals surface area contributed by atoms with Crippen molar-refractivity contribution in [1.82, 2.24) is 15.1 Å². The quantitative estimate of drug-likeness (QED) is 0.412. The summed E-state index contributed by atoms with van der Waals surface area (Å²) >= 11 is 0.681. The molecule has 1 N–H and O–H groups in total. The van der Waals surface area contributed by atoms with E-state index in [0.29, 0.717) is 17.0 Å². The van der Waals surface area contributed by atoms with Gasteiger partial charge >= 0.3 is 0 Å². The molecule has 0 bridgehead atoms. The molecule has 2 heterocycles. The fourth-order valence-electron chi connectivity index (χ4n) is 3.23. The number of nitrogens with zero attached hydrogens (tertiary/aromatic N) is 4. The van der Waals surface area contributed by atoms with Crippen molar-refractivity contribution in [2.75, 3.05) is 22.7 Å². The number of hydrogen-bond donors (Lipinski definition) is 1. The second-order valence-electron chi connectivity index (χ2n) is 6.67. The van der Waals surface area contributed by atoms with Crippen LogP contribution in [0, 0.1) is 0 Å². The van der Waals surface area contributed by atoms with Crippen LogP contribution in [0.4, 0.5) is 10.8 Å². The molecule has 12 heteroatoms. The molecule has 1 aliphatic heterocycles. The predicted octanol–water partition coefficient (Wildman–Crippen LogP) is 1.99. The highest BCUT2D eigenvalue weighted by Crippen LogP contribution is 2.27. The van der Waals surface area contributed by atoms with Crippen LogP contribution in [0.2, 0.25) is 0 Å². The summed E-state index contributed by atoms with van der Waals surface area (Å²) in [5.41, 5.74) is 0.937. The molecule has 0 saturated heterocycles. The first-order valence-electron chi connectivity index (χ1n) is 9.49. The number of amides is 3. The highest BCUT2D eigenvalue weighted by atomic mass is 32.2. The van der Waals surface area contributed by atoms with E-state index < -0.39 is 34.3 Å². The van der Waals surface area contributed by atoms with E-state index in [4.69, 9.17) is 0 Å². The topological polar surface area (TPSA) is 130 Å². The molecule has 0 fully saturated rings. The number of aromatic nitrogens is 2. The molecule has 10 nitrogen and oxygen atoms in total. The Morgan fingerprint density at radius 3 is 2.19 bits per heavy atom. The fraction of sp³-hybridized carbons (Fsp3) is 0.150. The minimum absolute atomic E-state index is 0.0608. The maximum Gasteiger partial charge on any atom is 0.293 e. The van der Waals surface area contributed by atoms with Gasteiger partial charge in [-0.15, -0.1) is 10.2 Å². The zero-order valence-corrected chi connectivity index (χ0v) is 18.4. The zero-order valence-electron chi connectivity index (χ0n) is 16.8. The maximum absolute atomic E-state index is 13.0. The van der Waals surface area contributed by atoms with Crippen LogP contribution >= 0.6 is 11.3 Å². The summed E-state index contributed by atoms with van der Waals surface area (Å²) in [6.45, 7) is 1.34. The van der Waals surface area contributed by atoms with Gasteiger partial charge in [-0.3, -0.25) is 28.9 Å². The average molecular weight is 472 g/mol. The standard InChI is InChI=1S/C20H17N5O5S2/c1-2-25(13-8-4-3-5-9-13)32(29,30)20-23-22-19(31-20)21-16(26)12-24-17(27)14-10-6-7-11-15(14)18(24)28/h3-11H,2,12H2,1H3,(H,21,22,26). The van der Waals surface area contributed by atoms with Crippen LogP contribution in [0.15, 0.2) is 58.9 Å². The maximum atomic E-state index is 13.0. The van der Waals surface area contributed by atoms with Gasteiger partial charge < -0.3 is 0 Å².